The molecule has 6 heteroatoms. The first-order valence-electron chi connectivity index (χ1n) is 3.27. The summed E-state index contributed by atoms with van der Waals surface area (Å²) in [6.45, 7) is 0. The molecule has 0 bridgehead atoms. The lowest BCUT2D eigenvalue weighted by Crippen LogP contribution is -1.97. The molecular weight excluding hydrogens is 192 g/mol. The third-order valence-corrected chi connectivity index (χ3v) is 2.22. The normalized spacial score (nSPS) is 10.5. The number of nitrogens with one attached hydrogen (secondary N) is 1. The second-order valence-electron chi connectivity index (χ2n) is 2.24. The quantitative estimate of drug-likeness (QED) is 0.417. The molecule has 0 saturated carbocycles. The molecule has 13 heavy (non-hydrogen) atoms. The minimum atomic E-state index is -4.15. The highest BCUT2D eigenvalue weighted by molar-refractivity contribution is 7.85. The molecule has 0 saturated heterocycles. The average molecular weight is 198 g/mol. The van der Waals surface area contributed by atoms with Crippen molar-refractivity contribution in [2.45, 2.75) is 4.90 Å². The second-order valence-corrected chi connectivity index (χ2v) is 3.66. The van der Waals surface area contributed by atoms with Gasteiger partial charge in [0, 0.05) is 5.69 Å². The first kappa shape index (κ1) is 9.51. The maximum atomic E-state index is 10.6. The number of rotatable bonds is 2. The fourth-order valence-corrected chi connectivity index (χ4v) is 1.25. The number of hydrogen-bond donors (Lipinski definition) is 2. The van der Waals surface area contributed by atoms with Gasteiger partial charge >= 0.3 is 0 Å². The Morgan fingerprint density at radius 3 is 2.23 bits per heavy atom. The van der Waals surface area contributed by atoms with Crippen molar-refractivity contribution in [3.05, 3.63) is 24.3 Å². The van der Waals surface area contributed by atoms with Crippen molar-refractivity contribution in [3.8, 4) is 6.19 Å². The number of benzene rings is 1. The Bertz CT molecular complexity index is 430. The van der Waals surface area contributed by atoms with Gasteiger partial charge in [-0.25, -0.2) is 0 Å². The molecule has 0 heterocycles. The third kappa shape index (κ3) is 2.43. The van der Waals surface area contributed by atoms with Crippen molar-refractivity contribution in [1.82, 2.24) is 0 Å². The van der Waals surface area contributed by atoms with Gasteiger partial charge < -0.3 is 0 Å². The predicted octanol–water partition coefficient (Wildman–Crippen LogP) is 0.826. The summed E-state index contributed by atoms with van der Waals surface area (Å²) in [5.74, 6) is 0. The first-order valence-corrected chi connectivity index (χ1v) is 4.71. The van der Waals surface area contributed by atoms with Crippen molar-refractivity contribution in [3.63, 3.8) is 0 Å². The molecule has 5 nitrogen and oxygen atoms in total. The van der Waals surface area contributed by atoms with Crippen LogP contribution in [0.5, 0.6) is 0 Å². The Morgan fingerprint density at radius 2 is 1.85 bits per heavy atom. The van der Waals surface area contributed by atoms with E-state index in [0.717, 1.165) is 0 Å². The van der Waals surface area contributed by atoms with Gasteiger partial charge in [0.2, 0.25) is 0 Å². The summed E-state index contributed by atoms with van der Waals surface area (Å²) in [5.41, 5.74) is 0.468. The highest BCUT2D eigenvalue weighted by Crippen LogP contribution is 2.12. The van der Waals surface area contributed by atoms with E-state index in [-0.39, 0.29) is 4.90 Å². The maximum Gasteiger partial charge on any atom is 0.294 e. The largest absolute Gasteiger partial charge is 0.294 e. The standard InChI is InChI=1S/C7H6N2O3S/c8-5-9-6-1-3-7(4-2-6)13(10,11)12/h1-4,9H,(H,10,11,12). The lowest BCUT2D eigenvalue weighted by molar-refractivity contribution is 0.483. The van der Waals surface area contributed by atoms with E-state index in [9.17, 15) is 8.42 Å². The highest BCUT2D eigenvalue weighted by atomic mass is 32.2. The minimum Gasteiger partial charge on any atom is -0.293 e. The summed E-state index contributed by atoms with van der Waals surface area (Å²) in [5, 5.41) is 10.5. The van der Waals surface area contributed by atoms with Gasteiger partial charge in [0.1, 0.15) is 0 Å². The van der Waals surface area contributed by atoms with Gasteiger partial charge in [0.05, 0.1) is 4.90 Å². The molecule has 0 spiro atoms. The zero-order valence-corrected chi connectivity index (χ0v) is 7.25. The first-order chi connectivity index (χ1) is 6.04. The van der Waals surface area contributed by atoms with Crippen LogP contribution in [0.3, 0.4) is 0 Å². The van der Waals surface area contributed by atoms with Crippen LogP contribution in [0.25, 0.3) is 0 Å². The zero-order valence-electron chi connectivity index (χ0n) is 6.43. The van der Waals surface area contributed by atoms with Gasteiger partial charge in [-0.2, -0.15) is 13.7 Å². The van der Waals surface area contributed by atoms with Crippen molar-refractivity contribution in [1.29, 1.82) is 5.26 Å². The molecule has 0 aliphatic rings. The number of anilines is 1. The Hall–Kier alpha value is -1.58. The van der Waals surface area contributed by atoms with Crippen LogP contribution in [0.4, 0.5) is 5.69 Å². The zero-order chi connectivity index (χ0) is 9.90. The lowest BCUT2D eigenvalue weighted by Gasteiger charge is -1.98. The molecule has 0 unspecified atom stereocenters. The summed E-state index contributed by atoms with van der Waals surface area (Å²) < 4.78 is 29.7. The molecule has 0 radical (unpaired) electrons. The van der Waals surface area contributed by atoms with E-state index in [1.165, 1.54) is 24.3 Å². The van der Waals surface area contributed by atoms with E-state index < -0.39 is 10.1 Å². The molecule has 1 rings (SSSR count). The molecular formula is C7H6N2O3S. The van der Waals surface area contributed by atoms with Gasteiger partial charge in [-0.3, -0.25) is 9.87 Å². The van der Waals surface area contributed by atoms with Crippen molar-refractivity contribution in [2.75, 3.05) is 5.32 Å². The third-order valence-electron chi connectivity index (χ3n) is 1.35. The van der Waals surface area contributed by atoms with Gasteiger partial charge in [-0.05, 0) is 24.3 Å². The Labute approximate surface area is 75.4 Å². The van der Waals surface area contributed by atoms with Crippen LogP contribution < -0.4 is 5.32 Å². The van der Waals surface area contributed by atoms with E-state index in [0.29, 0.717) is 5.69 Å². The van der Waals surface area contributed by atoms with E-state index in [1.807, 2.05) is 0 Å². The van der Waals surface area contributed by atoms with Crippen LogP contribution in [-0.4, -0.2) is 13.0 Å². The van der Waals surface area contributed by atoms with Crippen LogP contribution >= 0.6 is 0 Å². The lowest BCUT2D eigenvalue weighted by atomic mass is 10.3. The summed E-state index contributed by atoms with van der Waals surface area (Å²) in [4.78, 5) is -0.198. The fraction of sp³-hybridized carbons (Fsp3) is 0. The summed E-state index contributed by atoms with van der Waals surface area (Å²) in [6.07, 6.45) is 1.68. The van der Waals surface area contributed by atoms with Crippen LogP contribution in [0.1, 0.15) is 0 Å². The van der Waals surface area contributed by atoms with Crippen molar-refractivity contribution in [2.24, 2.45) is 0 Å². The van der Waals surface area contributed by atoms with E-state index in [1.54, 1.807) is 6.19 Å². The molecule has 1 aromatic carbocycles. The Kier molecular flexibility index (Phi) is 2.51. The van der Waals surface area contributed by atoms with E-state index in [4.69, 9.17) is 9.81 Å². The molecule has 1 aromatic rings. The minimum absolute atomic E-state index is 0.198. The maximum absolute atomic E-state index is 10.6. The van der Waals surface area contributed by atoms with Gasteiger partial charge in [-0.15, -0.1) is 0 Å². The summed E-state index contributed by atoms with van der Waals surface area (Å²) in [7, 11) is -4.15. The van der Waals surface area contributed by atoms with Crippen LogP contribution in [0.2, 0.25) is 0 Å². The smallest absolute Gasteiger partial charge is 0.293 e. The molecule has 68 valence electrons. The molecule has 0 fully saturated rings. The molecule has 0 aliphatic carbocycles. The molecule has 0 aliphatic heterocycles. The van der Waals surface area contributed by atoms with Crippen molar-refractivity contribution >= 4 is 15.8 Å². The molecule has 0 aromatic heterocycles. The monoisotopic (exact) mass is 198 g/mol. The number of nitrogens with zero attached hydrogens (tertiary/aromatic N) is 1. The van der Waals surface area contributed by atoms with E-state index in [2.05, 4.69) is 5.32 Å². The molecule has 0 amide bonds. The average Bonchev–Trinajstić information content (AvgIpc) is 2.04. The van der Waals surface area contributed by atoms with Gasteiger partial charge in [-0.1, -0.05) is 0 Å². The Balaban J connectivity index is 3.03. The SMILES string of the molecule is N#CNc1ccc(S(=O)(=O)O)cc1. The highest BCUT2D eigenvalue weighted by Gasteiger charge is 2.07. The predicted molar refractivity (Wildman–Crippen MR) is 45.5 cm³/mol. The Morgan fingerprint density at radius 1 is 1.31 bits per heavy atom. The van der Waals surface area contributed by atoms with Crippen LogP contribution in [0, 0.1) is 11.5 Å². The van der Waals surface area contributed by atoms with Crippen LogP contribution in [0.15, 0.2) is 29.2 Å². The molecule has 2 N–H and O–H groups in total. The van der Waals surface area contributed by atoms with Gasteiger partial charge in [0.25, 0.3) is 10.1 Å². The fourth-order valence-electron chi connectivity index (χ4n) is 0.775. The topological polar surface area (TPSA) is 90.2 Å². The van der Waals surface area contributed by atoms with E-state index >= 15 is 0 Å². The van der Waals surface area contributed by atoms with Crippen LogP contribution in [-0.2, 0) is 10.1 Å². The summed E-state index contributed by atoms with van der Waals surface area (Å²) in [6, 6.07) is 5.17. The van der Waals surface area contributed by atoms with Gasteiger partial charge in [0.15, 0.2) is 6.19 Å². The second kappa shape index (κ2) is 3.43. The summed E-state index contributed by atoms with van der Waals surface area (Å²) >= 11 is 0. The molecule has 0 atom stereocenters. The van der Waals surface area contributed by atoms with Crippen molar-refractivity contribution < 1.29 is 13.0 Å². The number of hydrogen-bond acceptors (Lipinski definition) is 4. The number of nitriles is 1.